The van der Waals surface area contributed by atoms with Gasteiger partial charge in [-0.15, -0.1) is 0 Å². The zero-order valence-corrected chi connectivity index (χ0v) is 9.13. The average Bonchev–Trinajstić information content (AvgIpc) is 2.09. The molecule has 1 aromatic heterocycles. The van der Waals surface area contributed by atoms with Crippen LogP contribution in [0.15, 0.2) is 10.5 Å². The van der Waals surface area contributed by atoms with Crippen molar-refractivity contribution in [3.8, 4) is 0 Å². The smallest absolute Gasteiger partial charge is 0.0962 e. The van der Waals surface area contributed by atoms with Gasteiger partial charge in [0.15, 0.2) is 0 Å². The number of aryl methyl sites for hydroxylation is 2. The summed E-state index contributed by atoms with van der Waals surface area (Å²) in [4.78, 5) is 4.40. The molecule has 2 nitrogen and oxygen atoms in total. The molecule has 0 spiro atoms. The maximum absolute atomic E-state index is 9.70. The van der Waals surface area contributed by atoms with E-state index in [0.717, 1.165) is 35.1 Å². The zero-order valence-electron chi connectivity index (χ0n) is 7.55. The third kappa shape index (κ3) is 1.63. The van der Waals surface area contributed by atoms with Crippen LogP contribution in [0.5, 0.6) is 0 Å². The first-order valence-electron chi connectivity index (χ1n) is 4.52. The van der Waals surface area contributed by atoms with Gasteiger partial charge in [0.25, 0.3) is 0 Å². The number of aliphatic hydroxyl groups is 1. The average molecular weight is 242 g/mol. The number of hydrogen-bond donors (Lipinski definition) is 1. The highest BCUT2D eigenvalue weighted by Gasteiger charge is 2.20. The molecule has 1 atom stereocenters. The molecule has 1 aromatic rings. The lowest BCUT2D eigenvalue weighted by Gasteiger charge is -2.20. The van der Waals surface area contributed by atoms with E-state index in [0.29, 0.717) is 0 Å². The lowest BCUT2D eigenvalue weighted by molar-refractivity contribution is 0.151. The summed E-state index contributed by atoms with van der Waals surface area (Å²) >= 11 is 3.45. The van der Waals surface area contributed by atoms with E-state index < -0.39 is 0 Å². The zero-order chi connectivity index (χ0) is 9.42. The molecular weight excluding hydrogens is 230 g/mol. The normalized spacial score (nSPS) is 21.3. The predicted octanol–water partition coefficient (Wildman–Crippen LogP) is 2.52. The number of pyridine rings is 1. The van der Waals surface area contributed by atoms with Crippen molar-refractivity contribution in [2.45, 2.75) is 32.3 Å². The second-order valence-electron chi connectivity index (χ2n) is 3.51. The van der Waals surface area contributed by atoms with Gasteiger partial charge < -0.3 is 5.11 Å². The van der Waals surface area contributed by atoms with Crippen LogP contribution in [0, 0.1) is 6.92 Å². The SMILES string of the molecule is Cc1nc2c(cc1Br)CCCC2O. The van der Waals surface area contributed by atoms with Crippen LogP contribution in [-0.4, -0.2) is 10.1 Å². The van der Waals surface area contributed by atoms with Crippen LogP contribution < -0.4 is 0 Å². The topological polar surface area (TPSA) is 33.1 Å². The second-order valence-corrected chi connectivity index (χ2v) is 4.36. The van der Waals surface area contributed by atoms with E-state index >= 15 is 0 Å². The standard InChI is InChI=1S/C10H12BrNO/c1-6-8(11)5-7-3-2-4-9(13)10(7)12-6/h5,9,13H,2-4H2,1H3. The van der Waals surface area contributed by atoms with E-state index in [9.17, 15) is 5.11 Å². The largest absolute Gasteiger partial charge is 0.387 e. The summed E-state index contributed by atoms with van der Waals surface area (Å²) < 4.78 is 1.04. The van der Waals surface area contributed by atoms with Crippen LogP contribution in [0.2, 0.25) is 0 Å². The van der Waals surface area contributed by atoms with Crippen molar-refractivity contribution < 1.29 is 5.11 Å². The molecule has 0 saturated carbocycles. The summed E-state index contributed by atoms with van der Waals surface area (Å²) in [6.45, 7) is 1.95. The molecule has 1 heterocycles. The molecular formula is C10H12BrNO. The van der Waals surface area contributed by atoms with Crippen molar-refractivity contribution in [1.82, 2.24) is 4.98 Å². The number of nitrogens with zero attached hydrogens (tertiary/aromatic N) is 1. The minimum Gasteiger partial charge on any atom is -0.387 e. The van der Waals surface area contributed by atoms with Gasteiger partial charge in [-0.3, -0.25) is 4.98 Å². The quantitative estimate of drug-likeness (QED) is 0.758. The van der Waals surface area contributed by atoms with Crippen LogP contribution >= 0.6 is 15.9 Å². The molecule has 0 amide bonds. The monoisotopic (exact) mass is 241 g/mol. The summed E-state index contributed by atoms with van der Waals surface area (Å²) in [7, 11) is 0. The number of hydrogen-bond acceptors (Lipinski definition) is 2. The maximum atomic E-state index is 9.70. The molecule has 2 rings (SSSR count). The Morgan fingerprint density at radius 3 is 3.15 bits per heavy atom. The van der Waals surface area contributed by atoms with Gasteiger partial charge >= 0.3 is 0 Å². The minimum atomic E-state index is -0.351. The summed E-state index contributed by atoms with van der Waals surface area (Å²) in [5.74, 6) is 0. The van der Waals surface area contributed by atoms with Crippen LogP contribution in [-0.2, 0) is 6.42 Å². The number of aliphatic hydroxyl groups excluding tert-OH is 1. The molecule has 0 saturated heterocycles. The minimum absolute atomic E-state index is 0.351. The first-order chi connectivity index (χ1) is 6.18. The summed E-state index contributed by atoms with van der Waals surface area (Å²) in [5, 5.41) is 9.70. The Hall–Kier alpha value is -0.410. The van der Waals surface area contributed by atoms with Gasteiger partial charge in [0.05, 0.1) is 17.5 Å². The van der Waals surface area contributed by atoms with Crippen molar-refractivity contribution in [2.24, 2.45) is 0 Å². The summed E-state index contributed by atoms with van der Waals surface area (Å²) in [6, 6.07) is 2.08. The molecule has 1 unspecified atom stereocenters. The molecule has 0 aliphatic heterocycles. The van der Waals surface area contributed by atoms with Crippen molar-refractivity contribution >= 4 is 15.9 Å². The molecule has 0 aromatic carbocycles. The summed E-state index contributed by atoms with van der Waals surface area (Å²) in [5.41, 5.74) is 3.03. The molecule has 13 heavy (non-hydrogen) atoms. The Kier molecular flexibility index (Phi) is 2.39. The highest BCUT2D eigenvalue weighted by molar-refractivity contribution is 9.10. The molecule has 1 N–H and O–H groups in total. The van der Waals surface area contributed by atoms with E-state index in [1.54, 1.807) is 0 Å². The van der Waals surface area contributed by atoms with E-state index in [2.05, 4.69) is 27.0 Å². The van der Waals surface area contributed by atoms with E-state index in [-0.39, 0.29) is 6.10 Å². The van der Waals surface area contributed by atoms with Crippen molar-refractivity contribution in [1.29, 1.82) is 0 Å². The van der Waals surface area contributed by atoms with Crippen molar-refractivity contribution in [3.05, 3.63) is 27.5 Å². The van der Waals surface area contributed by atoms with Gasteiger partial charge in [0.2, 0.25) is 0 Å². The fourth-order valence-corrected chi connectivity index (χ4v) is 2.11. The first kappa shape index (κ1) is 9.16. The van der Waals surface area contributed by atoms with Gasteiger partial charge in [-0.1, -0.05) is 0 Å². The van der Waals surface area contributed by atoms with E-state index in [1.165, 1.54) is 5.56 Å². The van der Waals surface area contributed by atoms with Crippen molar-refractivity contribution in [3.63, 3.8) is 0 Å². The lowest BCUT2D eigenvalue weighted by Crippen LogP contribution is -2.12. The molecule has 70 valence electrons. The van der Waals surface area contributed by atoms with Gasteiger partial charge in [-0.25, -0.2) is 0 Å². The molecule has 0 radical (unpaired) electrons. The maximum Gasteiger partial charge on any atom is 0.0962 e. The van der Waals surface area contributed by atoms with Gasteiger partial charge in [0, 0.05) is 4.47 Å². The van der Waals surface area contributed by atoms with Crippen LogP contribution in [0.4, 0.5) is 0 Å². The predicted molar refractivity (Wildman–Crippen MR) is 54.6 cm³/mol. The number of aromatic nitrogens is 1. The first-order valence-corrected chi connectivity index (χ1v) is 5.32. The number of fused-ring (bicyclic) bond motifs is 1. The third-order valence-corrected chi connectivity index (χ3v) is 3.31. The van der Waals surface area contributed by atoms with E-state index in [4.69, 9.17) is 0 Å². The number of rotatable bonds is 0. The Morgan fingerprint density at radius 1 is 1.62 bits per heavy atom. The van der Waals surface area contributed by atoms with E-state index in [1.807, 2.05) is 6.92 Å². The number of halogens is 1. The molecule has 1 aliphatic rings. The fraction of sp³-hybridized carbons (Fsp3) is 0.500. The molecule has 0 bridgehead atoms. The summed E-state index contributed by atoms with van der Waals surface area (Å²) in [6.07, 6.45) is 2.60. The highest BCUT2D eigenvalue weighted by Crippen LogP contribution is 2.30. The second kappa shape index (κ2) is 3.39. The van der Waals surface area contributed by atoms with Crippen LogP contribution in [0.1, 0.15) is 35.9 Å². The van der Waals surface area contributed by atoms with Crippen LogP contribution in [0.25, 0.3) is 0 Å². The fourth-order valence-electron chi connectivity index (χ4n) is 1.75. The molecule has 3 heteroatoms. The molecule has 1 aliphatic carbocycles. The van der Waals surface area contributed by atoms with Gasteiger partial charge in [0.1, 0.15) is 0 Å². The van der Waals surface area contributed by atoms with Crippen molar-refractivity contribution in [2.75, 3.05) is 0 Å². The Morgan fingerprint density at radius 2 is 2.38 bits per heavy atom. The Bertz CT molecular complexity index is 338. The lowest BCUT2D eigenvalue weighted by atomic mass is 9.93. The van der Waals surface area contributed by atoms with Crippen LogP contribution in [0.3, 0.4) is 0 Å². The Labute approximate surface area is 86.1 Å². The molecule has 0 fully saturated rings. The van der Waals surface area contributed by atoms with Gasteiger partial charge in [-0.2, -0.15) is 0 Å². The third-order valence-electron chi connectivity index (χ3n) is 2.50. The Balaban J connectivity index is 2.52. The highest BCUT2D eigenvalue weighted by atomic mass is 79.9. The van der Waals surface area contributed by atoms with Gasteiger partial charge in [-0.05, 0) is 53.7 Å².